The molecule has 0 aliphatic carbocycles. The smallest absolute Gasteiger partial charge is 0.243 e. The third-order valence-corrected chi connectivity index (χ3v) is 3.14. The Balaban J connectivity index is 2.16. The van der Waals surface area contributed by atoms with Gasteiger partial charge in [-0.05, 0) is 26.2 Å². The molecular weight excluding hydrogens is 216 g/mol. The largest absolute Gasteiger partial charge is 0.379 e. The summed E-state index contributed by atoms with van der Waals surface area (Å²) in [7, 11) is 0. The van der Waals surface area contributed by atoms with Gasteiger partial charge >= 0.3 is 0 Å². The molecule has 1 aliphatic heterocycles. The second-order valence-electron chi connectivity index (χ2n) is 4.72. The SMILES string of the molecule is CCc1nnc(NC2(C)CCOC2)nc1CC. The average molecular weight is 236 g/mol. The summed E-state index contributed by atoms with van der Waals surface area (Å²) in [5, 5.41) is 11.7. The fourth-order valence-corrected chi connectivity index (χ4v) is 2.03. The van der Waals surface area contributed by atoms with Crippen molar-refractivity contribution in [2.24, 2.45) is 0 Å². The highest BCUT2D eigenvalue weighted by molar-refractivity contribution is 5.30. The third-order valence-electron chi connectivity index (χ3n) is 3.14. The van der Waals surface area contributed by atoms with Gasteiger partial charge in [0, 0.05) is 6.61 Å². The minimum absolute atomic E-state index is 0.0551. The van der Waals surface area contributed by atoms with Crippen LogP contribution in [0, 0.1) is 0 Å². The first-order valence-corrected chi connectivity index (χ1v) is 6.25. The van der Waals surface area contributed by atoms with Crippen molar-refractivity contribution in [3.63, 3.8) is 0 Å². The quantitative estimate of drug-likeness (QED) is 0.860. The Morgan fingerprint density at radius 2 is 2.00 bits per heavy atom. The summed E-state index contributed by atoms with van der Waals surface area (Å²) in [5.74, 6) is 0.618. The maximum Gasteiger partial charge on any atom is 0.243 e. The van der Waals surface area contributed by atoms with Crippen LogP contribution in [0.1, 0.15) is 38.6 Å². The maximum atomic E-state index is 5.40. The molecule has 1 unspecified atom stereocenters. The number of aromatic nitrogens is 3. The van der Waals surface area contributed by atoms with Gasteiger partial charge in [0.15, 0.2) is 0 Å². The zero-order valence-electron chi connectivity index (χ0n) is 10.8. The summed E-state index contributed by atoms with van der Waals surface area (Å²) in [5.41, 5.74) is 1.97. The molecule has 1 saturated heterocycles. The van der Waals surface area contributed by atoms with Crippen LogP contribution in [0.3, 0.4) is 0 Å². The molecule has 1 aromatic rings. The Bertz CT molecular complexity index is 388. The first kappa shape index (κ1) is 12.2. The van der Waals surface area contributed by atoms with E-state index in [0.717, 1.165) is 37.3 Å². The molecule has 5 nitrogen and oxygen atoms in total. The van der Waals surface area contributed by atoms with Gasteiger partial charge in [0.05, 0.1) is 23.5 Å². The lowest BCUT2D eigenvalue weighted by molar-refractivity contribution is 0.185. The fraction of sp³-hybridized carbons (Fsp3) is 0.750. The lowest BCUT2D eigenvalue weighted by Gasteiger charge is -2.23. The summed E-state index contributed by atoms with van der Waals surface area (Å²) in [6.45, 7) is 7.79. The second-order valence-corrected chi connectivity index (χ2v) is 4.72. The van der Waals surface area contributed by atoms with E-state index in [4.69, 9.17) is 4.74 Å². The van der Waals surface area contributed by atoms with Crippen LogP contribution in [-0.2, 0) is 17.6 Å². The average Bonchev–Trinajstić information content (AvgIpc) is 2.75. The molecule has 0 aromatic carbocycles. The number of aryl methyl sites for hydroxylation is 2. The molecule has 1 atom stereocenters. The Labute approximate surface area is 102 Å². The molecule has 1 N–H and O–H groups in total. The van der Waals surface area contributed by atoms with Crippen molar-refractivity contribution in [2.75, 3.05) is 18.5 Å². The second kappa shape index (κ2) is 4.96. The van der Waals surface area contributed by atoms with Gasteiger partial charge in [-0.2, -0.15) is 5.10 Å². The normalized spacial score (nSPS) is 23.9. The molecule has 5 heteroatoms. The van der Waals surface area contributed by atoms with E-state index in [1.54, 1.807) is 0 Å². The van der Waals surface area contributed by atoms with Gasteiger partial charge in [0.25, 0.3) is 0 Å². The lowest BCUT2D eigenvalue weighted by atomic mass is 10.0. The Kier molecular flexibility index (Phi) is 3.57. The van der Waals surface area contributed by atoms with Crippen molar-refractivity contribution in [1.82, 2.24) is 15.2 Å². The Morgan fingerprint density at radius 1 is 1.24 bits per heavy atom. The van der Waals surface area contributed by atoms with Gasteiger partial charge in [-0.1, -0.05) is 13.8 Å². The van der Waals surface area contributed by atoms with Crippen LogP contribution in [0.25, 0.3) is 0 Å². The van der Waals surface area contributed by atoms with Crippen molar-refractivity contribution < 1.29 is 4.74 Å². The Hall–Kier alpha value is -1.23. The van der Waals surface area contributed by atoms with E-state index < -0.39 is 0 Å². The van der Waals surface area contributed by atoms with Crippen LogP contribution in [0.15, 0.2) is 0 Å². The van der Waals surface area contributed by atoms with Gasteiger partial charge in [-0.25, -0.2) is 4.98 Å². The number of rotatable bonds is 4. The van der Waals surface area contributed by atoms with E-state index in [2.05, 4.69) is 41.3 Å². The highest BCUT2D eigenvalue weighted by Crippen LogP contribution is 2.21. The van der Waals surface area contributed by atoms with E-state index in [9.17, 15) is 0 Å². The molecule has 0 bridgehead atoms. The van der Waals surface area contributed by atoms with Crippen molar-refractivity contribution >= 4 is 5.95 Å². The van der Waals surface area contributed by atoms with Crippen molar-refractivity contribution in [3.8, 4) is 0 Å². The molecular formula is C12H20N4O. The van der Waals surface area contributed by atoms with Gasteiger partial charge in [0.2, 0.25) is 5.95 Å². The first-order valence-electron chi connectivity index (χ1n) is 6.25. The molecule has 2 heterocycles. The Morgan fingerprint density at radius 3 is 2.59 bits per heavy atom. The topological polar surface area (TPSA) is 59.9 Å². The molecule has 1 fully saturated rings. The van der Waals surface area contributed by atoms with E-state index >= 15 is 0 Å². The number of nitrogens with one attached hydrogen (secondary N) is 1. The van der Waals surface area contributed by atoms with E-state index in [0.29, 0.717) is 12.6 Å². The summed E-state index contributed by atoms with van der Waals surface area (Å²) in [6, 6.07) is 0. The number of nitrogens with zero attached hydrogens (tertiary/aromatic N) is 3. The van der Waals surface area contributed by atoms with Crippen LogP contribution in [0.4, 0.5) is 5.95 Å². The standard InChI is InChI=1S/C12H20N4O/c1-4-9-10(5-2)15-16-11(13-9)14-12(3)6-7-17-8-12/h4-8H2,1-3H3,(H,13,14,16). The number of anilines is 1. The molecule has 2 rings (SSSR count). The van der Waals surface area contributed by atoms with Crippen LogP contribution >= 0.6 is 0 Å². The van der Waals surface area contributed by atoms with E-state index in [1.165, 1.54) is 0 Å². The molecule has 0 amide bonds. The predicted molar refractivity (Wildman–Crippen MR) is 66.0 cm³/mol. The van der Waals surface area contributed by atoms with E-state index in [1.807, 2.05) is 0 Å². The minimum Gasteiger partial charge on any atom is -0.379 e. The molecule has 0 spiro atoms. The summed E-state index contributed by atoms with van der Waals surface area (Å²) < 4.78 is 5.40. The van der Waals surface area contributed by atoms with Gasteiger partial charge < -0.3 is 10.1 Å². The predicted octanol–water partition coefficient (Wildman–Crippen LogP) is 1.59. The number of hydrogen-bond acceptors (Lipinski definition) is 5. The van der Waals surface area contributed by atoms with Gasteiger partial charge in [-0.15, -0.1) is 5.10 Å². The zero-order valence-corrected chi connectivity index (χ0v) is 10.8. The van der Waals surface area contributed by atoms with Crippen LogP contribution in [-0.4, -0.2) is 33.9 Å². The summed E-state index contributed by atoms with van der Waals surface area (Å²) in [6.07, 6.45) is 2.75. The molecule has 1 aromatic heterocycles. The third kappa shape index (κ3) is 2.72. The molecule has 94 valence electrons. The zero-order chi connectivity index (χ0) is 12.3. The van der Waals surface area contributed by atoms with Crippen LogP contribution < -0.4 is 5.32 Å². The van der Waals surface area contributed by atoms with Gasteiger partial charge in [0.1, 0.15) is 0 Å². The van der Waals surface area contributed by atoms with Gasteiger partial charge in [-0.3, -0.25) is 0 Å². The van der Waals surface area contributed by atoms with Crippen molar-refractivity contribution in [3.05, 3.63) is 11.4 Å². The summed E-state index contributed by atoms with van der Waals surface area (Å²) >= 11 is 0. The van der Waals surface area contributed by atoms with Crippen LogP contribution in [0.2, 0.25) is 0 Å². The lowest BCUT2D eigenvalue weighted by Crippen LogP contribution is -2.36. The van der Waals surface area contributed by atoms with Crippen LogP contribution in [0.5, 0.6) is 0 Å². The molecule has 0 saturated carbocycles. The highest BCUT2D eigenvalue weighted by atomic mass is 16.5. The van der Waals surface area contributed by atoms with Crippen molar-refractivity contribution in [2.45, 2.75) is 45.6 Å². The molecule has 0 radical (unpaired) electrons. The molecule has 1 aliphatic rings. The molecule has 17 heavy (non-hydrogen) atoms. The highest BCUT2D eigenvalue weighted by Gasteiger charge is 2.30. The monoisotopic (exact) mass is 236 g/mol. The van der Waals surface area contributed by atoms with E-state index in [-0.39, 0.29) is 5.54 Å². The number of hydrogen-bond donors (Lipinski definition) is 1. The minimum atomic E-state index is -0.0551. The summed E-state index contributed by atoms with van der Waals surface area (Å²) in [4.78, 5) is 4.53. The first-order chi connectivity index (χ1) is 8.17. The van der Waals surface area contributed by atoms with Crippen molar-refractivity contribution in [1.29, 1.82) is 0 Å². The number of ether oxygens (including phenoxy) is 1. The maximum absolute atomic E-state index is 5.40. The fourth-order valence-electron chi connectivity index (χ4n) is 2.03.